The third kappa shape index (κ3) is 5.58. The third-order valence-electron chi connectivity index (χ3n) is 4.21. The van der Waals surface area contributed by atoms with E-state index in [0.717, 1.165) is 15.7 Å². The van der Waals surface area contributed by atoms with Crippen LogP contribution >= 0.6 is 27.5 Å². The number of ether oxygens (including phenoxy) is 1. The minimum atomic E-state index is -0.540. The molecule has 156 valence electrons. The van der Waals surface area contributed by atoms with Gasteiger partial charge in [0.05, 0.1) is 26.8 Å². The van der Waals surface area contributed by atoms with E-state index >= 15 is 0 Å². The van der Waals surface area contributed by atoms with E-state index in [-0.39, 0.29) is 29.5 Å². The quantitative estimate of drug-likeness (QED) is 0.339. The fourth-order valence-corrected chi connectivity index (χ4v) is 3.26. The van der Waals surface area contributed by atoms with Gasteiger partial charge in [0.15, 0.2) is 0 Å². The van der Waals surface area contributed by atoms with Gasteiger partial charge in [0, 0.05) is 36.3 Å². The summed E-state index contributed by atoms with van der Waals surface area (Å²) in [7, 11) is 0. The molecule has 0 saturated carbocycles. The Morgan fingerprint density at radius 3 is 2.70 bits per heavy atom. The fourth-order valence-electron chi connectivity index (χ4n) is 2.72. The Balaban J connectivity index is 1.74. The SMILES string of the molecule is Cc1cc(Cl)ccc1Oc1cc(NC(=O)CCn2cc(Br)c(C)n2)cc([N+](=O)[O-])c1. The Morgan fingerprint density at radius 1 is 1.30 bits per heavy atom. The summed E-state index contributed by atoms with van der Waals surface area (Å²) >= 11 is 9.33. The monoisotopic (exact) mass is 492 g/mol. The maximum atomic E-state index is 12.3. The van der Waals surface area contributed by atoms with Crippen LogP contribution in [0.15, 0.2) is 47.1 Å². The largest absolute Gasteiger partial charge is 0.457 e. The number of nitrogens with one attached hydrogen (secondary N) is 1. The van der Waals surface area contributed by atoms with Crippen molar-refractivity contribution in [3.05, 3.63) is 73.5 Å². The van der Waals surface area contributed by atoms with Gasteiger partial charge in [-0.1, -0.05) is 11.6 Å². The van der Waals surface area contributed by atoms with Gasteiger partial charge >= 0.3 is 0 Å². The number of benzene rings is 2. The van der Waals surface area contributed by atoms with Crippen molar-refractivity contribution >= 4 is 44.8 Å². The predicted molar refractivity (Wildman–Crippen MR) is 117 cm³/mol. The number of aromatic nitrogens is 2. The minimum Gasteiger partial charge on any atom is -0.457 e. The second kappa shape index (κ2) is 9.27. The van der Waals surface area contributed by atoms with Crippen LogP contribution in [0.1, 0.15) is 17.7 Å². The van der Waals surface area contributed by atoms with Gasteiger partial charge in [-0.2, -0.15) is 5.10 Å². The second-order valence-electron chi connectivity index (χ2n) is 6.61. The number of aryl methyl sites for hydroxylation is 3. The van der Waals surface area contributed by atoms with Crippen LogP contribution in [0.2, 0.25) is 5.02 Å². The van der Waals surface area contributed by atoms with Gasteiger partial charge in [-0.3, -0.25) is 19.6 Å². The number of carbonyl (C=O) groups excluding carboxylic acids is 1. The summed E-state index contributed by atoms with van der Waals surface area (Å²) in [5, 5.41) is 18.8. The highest BCUT2D eigenvalue weighted by atomic mass is 79.9. The van der Waals surface area contributed by atoms with E-state index in [1.54, 1.807) is 29.1 Å². The first kappa shape index (κ1) is 21.8. The molecule has 0 unspecified atom stereocenters. The van der Waals surface area contributed by atoms with Crippen molar-refractivity contribution in [2.75, 3.05) is 5.32 Å². The summed E-state index contributed by atoms with van der Waals surface area (Å²) in [6, 6.07) is 9.19. The number of carbonyl (C=O) groups is 1. The van der Waals surface area contributed by atoms with Crippen molar-refractivity contribution in [3.63, 3.8) is 0 Å². The van der Waals surface area contributed by atoms with Gasteiger partial charge in [-0.15, -0.1) is 0 Å². The van der Waals surface area contributed by atoms with Crippen LogP contribution in [0, 0.1) is 24.0 Å². The van der Waals surface area contributed by atoms with Crippen LogP contribution in [0.5, 0.6) is 11.5 Å². The van der Waals surface area contributed by atoms with Crippen LogP contribution in [0.4, 0.5) is 11.4 Å². The summed E-state index contributed by atoms with van der Waals surface area (Å²) < 4.78 is 8.31. The molecule has 10 heteroatoms. The zero-order valence-corrected chi connectivity index (χ0v) is 18.5. The lowest BCUT2D eigenvalue weighted by Crippen LogP contribution is -2.15. The summed E-state index contributed by atoms with van der Waals surface area (Å²) in [5.41, 5.74) is 1.68. The average molecular weight is 494 g/mol. The van der Waals surface area contributed by atoms with Gasteiger partial charge in [0.2, 0.25) is 5.91 Å². The topological polar surface area (TPSA) is 99.3 Å². The molecule has 0 saturated heterocycles. The van der Waals surface area contributed by atoms with Crippen LogP contribution in [0.3, 0.4) is 0 Å². The summed E-state index contributed by atoms with van der Waals surface area (Å²) in [6.07, 6.45) is 1.94. The number of hydrogen-bond acceptors (Lipinski definition) is 5. The van der Waals surface area contributed by atoms with E-state index in [4.69, 9.17) is 16.3 Å². The molecular weight excluding hydrogens is 476 g/mol. The highest BCUT2D eigenvalue weighted by Crippen LogP contribution is 2.32. The predicted octanol–water partition coefficient (Wildman–Crippen LogP) is 5.65. The highest BCUT2D eigenvalue weighted by molar-refractivity contribution is 9.10. The Hall–Kier alpha value is -2.91. The van der Waals surface area contributed by atoms with Gasteiger partial charge in [-0.05, 0) is 53.5 Å². The number of anilines is 1. The van der Waals surface area contributed by atoms with Gasteiger partial charge < -0.3 is 10.1 Å². The van der Waals surface area contributed by atoms with Crippen LogP contribution in [-0.2, 0) is 11.3 Å². The average Bonchev–Trinajstić information content (AvgIpc) is 3.00. The zero-order chi connectivity index (χ0) is 21.8. The van der Waals surface area contributed by atoms with Crippen molar-refractivity contribution in [2.24, 2.45) is 0 Å². The van der Waals surface area contributed by atoms with Gasteiger partial charge in [0.1, 0.15) is 11.5 Å². The molecule has 2 aromatic carbocycles. The number of halogens is 2. The van der Waals surface area contributed by atoms with E-state index in [1.807, 2.05) is 13.8 Å². The molecule has 0 aliphatic carbocycles. The third-order valence-corrected chi connectivity index (χ3v) is 5.22. The number of nitrogens with zero attached hydrogens (tertiary/aromatic N) is 3. The van der Waals surface area contributed by atoms with Crippen molar-refractivity contribution in [3.8, 4) is 11.5 Å². The van der Waals surface area contributed by atoms with E-state index in [0.29, 0.717) is 17.3 Å². The first-order valence-corrected chi connectivity index (χ1v) is 10.1. The van der Waals surface area contributed by atoms with Gasteiger partial charge in [0.25, 0.3) is 5.69 Å². The maximum Gasteiger partial charge on any atom is 0.275 e. The molecule has 0 fully saturated rings. The van der Waals surface area contributed by atoms with E-state index in [1.165, 1.54) is 18.2 Å². The number of nitro benzene ring substituents is 1. The molecule has 0 atom stereocenters. The van der Waals surface area contributed by atoms with Crippen molar-refractivity contribution in [1.82, 2.24) is 9.78 Å². The van der Waals surface area contributed by atoms with Crippen LogP contribution in [0.25, 0.3) is 0 Å². The van der Waals surface area contributed by atoms with Crippen molar-refractivity contribution < 1.29 is 14.5 Å². The molecule has 0 aliphatic rings. The summed E-state index contributed by atoms with van der Waals surface area (Å²) in [4.78, 5) is 23.1. The molecule has 0 bridgehead atoms. The lowest BCUT2D eigenvalue weighted by atomic mass is 10.2. The summed E-state index contributed by atoms with van der Waals surface area (Å²) in [6.45, 7) is 4.05. The summed E-state index contributed by atoms with van der Waals surface area (Å²) in [5.74, 6) is 0.446. The lowest BCUT2D eigenvalue weighted by Gasteiger charge is -2.11. The maximum absolute atomic E-state index is 12.3. The first-order valence-electron chi connectivity index (χ1n) is 8.94. The van der Waals surface area contributed by atoms with E-state index in [9.17, 15) is 14.9 Å². The second-order valence-corrected chi connectivity index (χ2v) is 7.90. The van der Waals surface area contributed by atoms with Gasteiger partial charge in [-0.25, -0.2) is 0 Å². The van der Waals surface area contributed by atoms with Crippen molar-refractivity contribution in [2.45, 2.75) is 26.8 Å². The number of non-ortho nitro benzene ring substituents is 1. The van der Waals surface area contributed by atoms with Crippen LogP contribution in [-0.4, -0.2) is 20.6 Å². The van der Waals surface area contributed by atoms with E-state index < -0.39 is 4.92 Å². The Morgan fingerprint density at radius 2 is 2.07 bits per heavy atom. The fraction of sp³-hybridized carbons (Fsp3) is 0.200. The van der Waals surface area contributed by atoms with Crippen LogP contribution < -0.4 is 10.1 Å². The molecule has 1 amide bonds. The van der Waals surface area contributed by atoms with E-state index in [2.05, 4.69) is 26.3 Å². The molecule has 1 N–H and O–H groups in total. The Kier molecular flexibility index (Phi) is 6.73. The zero-order valence-electron chi connectivity index (χ0n) is 16.2. The molecule has 30 heavy (non-hydrogen) atoms. The number of rotatable bonds is 7. The molecule has 0 aliphatic heterocycles. The molecule has 8 nitrogen and oxygen atoms in total. The molecule has 1 aromatic heterocycles. The Labute approximate surface area is 186 Å². The minimum absolute atomic E-state index is 0.155. The first-order chi connectivity index (χ1) is 14.2. The van der Waals surface area contributed by atoms with Crippen molar-refractivity contribution in [1.29, 1.82) is 0 Å². The smallest absolute Gasteiger partial charge is 0.275 e. The number of nitro groups is 1. The molecule has 1 heterocycles. The molecule has 0 radical (unpaired) electrons. The molecule has 3 rings (SSSR count). The number of amides is 1. The normalized spacial score (nSPS) is 10.7. The Bertz CT molecular complexity index is 1100. The number of hydrogen-bond donors (Lipinski definition) is 1. The molecule has 3 aromatic rings. The lowest BCUT2D eigenvalue weighted by molar-refractivity contribution is -0.384. The molecular formula is C20H18BrClN4O4. The highest BCUT2D eigenvalue weighted by Gasteiger charge is 2.14. The molecule has 0 spiro atoms. The standard InChI is InChI=1S/C20H18BrClN4O4/c1-12-7-14(22)3-4-19(12)30-17-9-15(8-16(10-17)26(28)29)23-20(27)5-6-25-11-18(21)13(2)24-25/h3-4,7-11H,5-6H2,1-2H3,(H,23,27).